The van der Waals surface area contributed by atoms with Crippen LogP contribution in [0.4, 0.5) is 0 Å². The lowest BCUT2D eigenvalue weighted by atomic mass is 10.2. The molecule has 1 aliphatic rings. The third-order valence-corrected chi connectivity index (χ3v) is 5.90. The van der Waals surface area contributed by atoms with Crippen molar-refractivity contribution in [3.63, 3.8) is 0 Å². The molecular weight excluding hydrogens is 304 g/mol. The van der Waals surface area contributed by atoms with E-state index in [1.165, 1.54) is 4.31 Å². The van der Waals surface area contributed by atoms with E-state index in [0.717, 1.165) is 0 Å². The van der Waals surface area contributed by atoms with Gasteiger partial charge in [0.15, 0.2) is 0 Å². The summed E-state index contributed by atoms with van der Waals surface area (Å²) in [6.45, 7) is 3.62. The van der Waals surface area contributed by atoms with Gasteiger partial charge in [-0.2, -0.15) is 4.31 Å². The number of sulfonamides is 1. The third kappa shape index (κ3) is 3.66. The van der Waals surface area contributed by atoms with Gasteiger partial charge in [0.05, 0.1) is 4.90 Å². The molecule has 1 N–H and O–H groups in total. The Morgan fingerprint density at radius 1 is 1.18 bits per heavy atom. The van der Waals surface area contributed by atoms with Crippen molar-refractivity contribution in [1.29, 1.82) is 0 Å². The van der Waals surface area contributed by atoms with Gasteiger partial charge >= 0.3 is 5.97 Å². The van der Waals surface area contributed by atoms with Crippen LogP contribution in [0.25, 0.3) is 0 Å². The molecule has 0 amide bonds. The fraction of sp³-hybridized carbons (Fsp3) is 0.533. The summed E-state index contributed by atoms with van der Waals surface area (Å²) in [5.41, 5.74) is 0. The largest absolute Gasteiger partial charge is 0.480 e. The summed E-state index contributed by atoms with van der Waals surface area (Å²) in [5.74, 6) is -0.845. The summed E-state index contributed by atoms with van der Waals surface area (Å²) in [6.07, 6.45) is 1.15. The van der Waals surface area contributed by atoms with Crippen LogP contribution in [0.15, 0.2) is 35.2 Å². The fourth-order valence-corrected chi connectivity index (χ4v) is 4.29. The highest BCUT2D eigenvalue weighted by atomic mass is 32.2. The van der Waals surface area contributed by atoms with Crippen LogP contribution in [0, 0.1) is 0 Å². The van der Waals surface area contributed by atoms with Crippen LogP contribution in [0.2, 0.25) is 0 Å². The molecule has 0 spiro atoms. The van der Waals surface area contributed by atoms with E-state index >= 15 is 0 Å². The van der Waals surface area contributed by atoms with Gasteiger partial charge in [0, 0.05) is 26.2 Å². The van der Waals surface area contributed by atoms with Gasteiger partial charge in [0.2, 0.25) is 10.0 Å². The third-order valence-electron chi connectivity index (χ3n) is 3.98. The first-order valence-electron chi connectivity index (χ1n) is 7.49. The maximum absolute atomic E-state index is 12.6. The van der Waals surface area contributed by atoms with Crippen LogP contribution in [-0.4, -0.2) is 60.9 Å². The lowest BCUT2D eigenvalue weighted by Gasteiger charge is -2.26. The molecular formula is C15H22N2O4S. The molecule has 0 radical (unpaired) electrons. The van der Waals surface area contributed by atoms with E-state index in [-0.39, 0.29) is 4.90 Å². The normalized spacial score (nSPS) is 19.5. The second-order valence-electron chi connectivity index (χ2n) is 5.37. The Hall–Kier alpha value is -1.44. The van der Waals surface area contributed by atoms with Crippen LogP contribution in [0.5, 0.6) is 0 Å². The molecule has 1 heterocycles. The molecule has 0 bridgehead atoms. The van der Waals surface area contributed by atoms with Gasteiger partial charge in [-0.05, 0) is 25.0 Å². The van der Waals surface area contributed by atoms with E-state index in [1.54, 1.807) is 30.3 Å². The summed E-state index contributed by atoms with van der Waals surface area (Å²) >= 11 is 0. The van der Waals surface area contributed by atoms with E-state index in [2.05, 4.69) is 0 Å². The Morgan fingerprint density at radius 3 is 2.45 bits per heavy atom. The number of carboxylic acid groups (broad SMARTS) is 1. The Balaban J connectivity index is 2.12. The number of rotatable bonds is 5. The molecule has 0 aromatic heterocycles. The highest BCUT2D eigenvalue weighted by Crippen LogP contribution is 2.18. The minimum Gasteiger partial charge on any atom is -0.480 e. The van der Waals surface area contributed by atoms with Gasteiger partial charge in [0.1, 0.15) is 6.04 Å². The van der Waals surface area contributed by atoms with Crippen molar-refractivity contribution in [3.8, 4) is 0 Å². The molecule has 6 nitrogen and oxygen atoms in total. The van der Waals surface area contributed by atoms with Crippen LogP contribution in [0.3, 0.4) is 0 Å². The smallest absolute Gasteiger partial charge is 0.320 e. The first-order chi connectivity index (χ1) is 10.5. The van der Waals surface area contributed by atoms with E-state index in [9.17, 15) is 18.3 Å². The Morgan fingerprint density at radius 2 is 1.86 bits per heavy atom. The van der Waals surface area contributed by atoms with Gasteiger partial charge in [-0.25, -0.2) is 8.42 Å². The number of aliphatic carboxylic acids is 1. The highest BCUT2D eigenvalue weighted by Gasteiger charge is 2.30. The molecule has 1 aromatic rings. The zero-order valence-corrected chi connectivity index (χ0v) is 13.5. The summed E-state index contributed by atoms with van der Waals surface area (Å²) in [5, 5.41) is 9.25. The van der Waals surface area contributed by atoms with Crippen molar-refractivity contribution >= 4 is 16.0 Å². The molecule has 22 heavy (non-hydrogen) atoms. The van der Waals surface area contributed by atoms with Gasteiger partial charge in [-0.1, -0.05) is 25.1 Å². The minimum absolute atomic E-state index is 0.286. The van der Waals surface area contributed by atoms with Gasteiger partial charge in [0.25, 0.3) is 0 Å². The van der Waals surface area contributed by atoms with Crippen LogP contribution in [0.1, 0.15) is 19.8 Å². The molecule has 0 aliphatic carbocycles. The molecule has 122 valence electrons. The molecule has 1 saturated heterocycles. The molecule has 0 saturated carbocycles. The summed E-state index contributed by atoms with van der Waals surface area (Å²) in [4.78, 5) is 13.4. The quantitative estimate of drug-likeness (QED) is 0.881. The van der Waals surface area contributed by atoms with Crippen LogP contribution >= 0.6 is 0 Å². The van der Waals surface area contributed by atoms with Gasteiger partial charge < -0.3 is 5.11 Å². The summed E-state index contributed by atoms with van der Waals surface area (Å²) in [6, 6.07) is 7.82. The molecule has 7 heteroatoms. The number of hydrogen-bond acceptors (Lipinski definition) is 4. The van der Waals surface area contributed by atoms with Gasteiger partial charge in [-0.3, -0.25) is 9.69 Å². The van der Waals surface area contributed by atoms with Crippen molar-refractivity contribution in [2.45, 2.75) is 30.7 Å². The first-order valence-corrected chi connectivity index (χ1v) is 8.93. The summed E-state index contributed by atoms with van der Waals surface area (Å²) in [7, 11) is -3.50. The average Bonchev–Trinajstić information content (AvgIpc) is 2.75. The second kappa shape index (κ2) is 7.21. The average molecular weight is 326 g/mol. The van der Waals surface area contributed by atoms with Gasteiger partial charge in [-0.15, -0.1) is 0 Å². The van der Waals surface area contributed by atoms with Crippen molar-refractivity contribution in [1.82, 2.24) is 9.21 Å². The molecule has 1 aromatic carbocycles. The first kappa shape index (κ1) is 16.9. The van der Waals surface area contributed by atoms with E-state index in [0.29, 0.717) is 39.0 Å². The van der Waals surface area contributed by atoms with Crippen molar-refractivity contribution in [3.05, 3.63) is 30.3 Å². The number of carboxylic acids is 1. The number of hydrogen-bond donors (Lipinski definition) is 1. The summed E-state index contributed by atoms with van der Waals surface area (Å²) < 4.78 is 26.7. The standard InChI is InChI=1S/C15H22N2O4S/c1-2-14(15(18)19)16-9-6-10-17(12-11-16)22(20,21)13-7-4-3-5-8-13/h3-5,7-8,14H,2,6,9-12H2,1H3,(H,18,19). The van der Waals surface area contributed by atoms with Crippen LogP contribution < -0.4 is 0 Å². The Bertz CT molecular complexity index is 603. The minimum atomic E-state index is -3.50. The van der Waals surface area contributed by atoms with Crippen LogP contribution in [-0.2, 0) is 14.8 Å². The number of carbonyl (C=O) groups is 1. The second-order valence-corrected chi connectivity index (χ2v) is 7.31. The lowest BCUT2D eigenvalue weighted by Crippen LogP contribution is -2.43. The van der Waals surface area contributed by atoms with E-state index < -0.39 is 22.0 Å². The van der Waals surface area contributed by atoms with Crippen molar-refractivity contribution < 1.29 is 18.3 Å². The SMILES string of the molecule is CCC(C(=O)O)N1CCCN(S(=O)(=O)c2ccccc2)CC1. The molecule has 2 rings (SSSR count). The lowest BCUT2D eigenvalue weighted by molar-refractivity contribution is -0.143. The number of benzene rings is 1. The highest BCUT2D eigenvalue weighted by molar-refractivity contribution is 7.89. The number of nitrogens with zero attached hydrogens (tertiary/aromatic N) is 2. The molecule has 1 atom stereocenters. The monoisotopic (exact) mass is 326 g/mol. The maximum Gasteiger partial charge on any atom is 0.320 e. The zero-order valence-electron chi connectivity index (χ0n) is 12.7. The predicted molar refractivity (Wildman–Crippen MR) is 83.1 cm³/mol. The van der Waals surface area contributed by atoms with E-state index in [1.807, 2.05) is 11.8 Å². The maximum atomic E-state index is 12.6. The molecule has 1 fully saturated rings. The molecule has 1 aliphatic heterocycles. The fourth-order valence-electron chi connectivity index (χ4n) is 2.80. The zero-order chi connectivity index (χ0) is 16.2. The van der Waals surface area contributed by atoms with Crippen molar-refractivity contribution in [2.75, 3.05) is 26.2 Å². The van der Waals surface area contributed by atoms with Crippen molar-refractivity contribution in [2.24, 2.45) is 0 Å². The van der Waals surface area contributed by atoms with E-state index in [4.69, 9.17) is 0 Å². The Kier molecular flexibility index (Phi) is 5.55. The predicted octanol–water partition coefficient (Wildman–Crippen LogP) is 1.25. The topological polar surface area (TPSA) is 77.9 Å². The molecule has 1 unspecified atom stereocenters. The Labute approximate surface area is 131 Å².